The maximum atomic E-state index is 13.5. The largest absolute Gasteiger partial charge is 0.394 e. The number of nitrogens with zero attached hydrogens (tertiary/aromatic N) is 4. The van der Waals surface area contributed by atoms with Crippen LogP contribution in [0.5, 0.6) is 0 Å². The molecule has 3 heterocycles. The third-order valence-corrected chi connectivity index (χ3v) is 5.40. The maximum absolute atomic E-state index is 13.5. The van der Waals surface area contributed by atoms with Crippen molar-refractivity contribution in [2.75, 3.05) is 13.2 Å². The van der Waals surface area contributed by atoms with E-state index in [-0.39, 0.29) is 30.8 Å². The molecule has 158 valence electrons. The number of carbonyl (C=O) groups excluding carboxylic acids is 1. The Bertz CT molecular complexity index is 1030. The van der Waals surface area contributed by atoms with Gasteiger partial charge in [0.25, 0.3) is 0 Å². The van der Waals surface area contributed by atoms with E-state index < -0.39 is 0 Å². The number of hydrogen-bond donors (Lipinski definition) is 1. The third-order valence-electron chi connectivity index (χ3n) is 5.40. The standard InChI is InChI=1S/C22H25FN4O3/c1-15-11-20(30-25-15)18-14-26(9-10-28)24-22(18)19-7-2-3-8-27(19)21(29)13-16-5-4-6-17(23)12-16/h4-6,11-12,14,19,28H,2-3,7-10,13H2,1H3/t19-/m1/s1. The summed E-state index contributed by atoms with van der Waals surface area (Å²) in [5.74, 6) is 0.192. The van der Waals surface area contributed by atoms with Crippen LogP contribution in [0.25, 0.3) is 11.3 Å². The second-order valence-electron chi connectivity index (χ2n) is 7.65. The first-order chi connectivity index (χ1) is 14.5. The predicted octanol–water partition coefficient (Wildman–Crippen LogP) is 3.27. The van der Waals surface area contributed by atoms with E-state index in [4.69, 9.17) is 4.52 Å². The molecule has 0 spiro atoms. The molecule has 0 aliphatic carbocycles. The average Bonchev–Trinajstić information content (AvgIpc) is 3.34. The Hall–Kier alpha value is -3.00. The normalized spacial score (nSPS) is 16.8. The Labute approximate surface area is 174 Å². The number of hydrogen-bond acceptors (Lipinski definition) is 5. The fourth-order valence-electron chi connectivity index (χ4n) is 4.02. The molecule has 0 radical (unpaired) electrons. The molecule has 8 heteroatoms. The highest BCUT2D eigenvalue weighted by Gasteiger charge is 2.32. The number of carbonyl (C=O) groups is 1. The van der Waals surface area contributed by atoms with E-state index in [1.54, 1.807) is 16.8 Å². The van der Waals surface area contributed by atoms with Crippen LogP contribution >= 0.6 is 0 Å². The van der Waals surface area contributed by atoms with Crippen molar-refractivity contribution in [3.63, 3.8) is 0 Å². The van der Waals surface area contributed by atoms with Crippen LogP contribution in [-0.4, -0.2) is 44.0 Å². The predicted molar refractivity (Wildman–Crippen MR) is 108 cm³/mol. The molecule has 1 atom stereocenters. The number of amides is 1. The van der Waals surface area contributed by atoms with Gasteiger partial charge in [-0.1, -0.05) is 17.3 Å². The molecule has 4 rings (SSSR count). The summed E-state index contributed by atoms with van der Waals surface area (Å²) in [5.41, 5.74) is 2.93. The van der Waals surface area contributed by atoms with Crippen molar-refractivity contribution in [1.29, 1.82) is 0 Å². The van der Waals surface area contributed by atoms with Crippen LogP contribution in [0.1, 0.15) is 42.3 Å². The van der Waals surface area contributed by atoms with Crippen LogP contribution in [0, 0.1) is 12.7 Å². The second kappa shape index (κ2) is 8.79. The monoisotopic (exact) mass is 412 g/mol. The van der Waals surface area contributed by atoms with Crippen LogP contribution in [0.4, 0.5) is 4.39 Å². The number of benzene rings is 1. The van der Waals surface area contributed by atoms with E-state index in [1.165, 1.54) is 12.1 Å². The van der Waals surface area contributed by atoms with Gasteiger partial charge in [-0.25, -0.2) is 4.39 Å². The molecule has 1 aliphatic rings. The first-order valence-electron chi connectivity index (χ1n) is 10.2. The van der Waals surface area contributed by atoms with E-state index in [9.17, 15) is 14.3 Å². The molecule has 1 amide bonds. The van der Waals surface area contributed by atoms with Gasteiger partial charge in [0.05, 0.1) is 42.6 Å². The van der Waals surface area contributed by atoms with E-state index in [2.05, 4.69) is 10.3 Å². The molecule has 1 fully saturated rings. The second-order valence-corrected chi connectivity index (χ2v) is 7.65. The maximum Gasteiger partial charge on any atom is 0.227 e. The van der Waals surface area contributed by atoms with Crippen LogP contribution in [0.15, 0.2) is 41.1 Å². The van der Waals surface area contributed by atoms with Crippen molar-refractivity contribution in [3.05, 3.63) is 59.3 Å². The number of aliphatic hydroxyl groups excluding tert-OH is 1. The van der Waals surface area contributed by atoms with Crippen LogP contribution in [-0.2, 0) is 17.8 Å². The molecule has 2 aromatic heterocycles. The zero-order chi connectivity index (χ0) is 21.1. The van der Waals surface area contributed by atoms with Gasteiger partial charge in [-0.05, 0) is 43.9 Å². The Kier molecular flexibility index (Phi) is 5.94. The lowest BCUT2D eigenvalue weighted by Crippen LogP contribution is -2.39. The van der Waals surface area contributed by atoms with E-state index >= 15 is 0 Å². The number of aryl methyl sites for hydroxylation is 1. The molecule has 1 aromatic carbocycles. The van der Waals surface area contributed by atoms with Gasteiger partial charge in [-0.3, -0.25) is 9.48 Å². The van der Waals surface area contributed by atoms with Crippen LogP contribution in [0.2, 0.25) is 0 Å². The first kappa shape index (κ1) is 20.3. The lowest BCUT2D eigenvalue weighted by molar-refractivity contribution is -0.134. The van der Waals surface area contributed by atoms with E-state index in [1.807, 2.05) is 24.1 Å². The number of rotatable bonds is 6. The van der Waals surface area contributed by atoms with Crippen LogP contribution in [0.3, 0.4) is 0 Å². The zero-order valence-corrected chi connectivity index (χ0v) is 16.9. The van der Waals surface area contributed by atoms with Gasteiger partial charge in [0.1, 0.15) is 5.82 Å². The van der Waals surface area contributed by atoms with Gasteiger partial charge in [0.15, 0.2) is 5.76 Å². The molecule has 0 bridgehead atoms. The van der Waals surface area contributed by atoms with Crippen molar-refractivity contribution >= 4 is 5.91 Å². The molecule has 0 saturated carbocycles. The Morgan fingerprint density at radius 2 is 2.20 bits per heavy atom. The molecule has 30 heavy (non-hydrogen) atoms. The highest BCUT2D eigenvalue weighted by atomic mass is 19.1. The van der Waals surface area contributed by atoms with Gasteiger partial charge in [-0.15, -0.1) is 0 Å². The average molecular weight is 412 g/mol. The third kappa shape index (κ3) is 4.28. The molecular weight excluding hydrogens is 387 g/mol. The SMILES string of the molecule is Cc1cc(-c2cn(CCO)nc2[C@H]2CCCCN2C(=O)Cc2cccc(F)c2)on1. The molecule has 7 nitrogen and oxygen atoms in total. The minimum absolute atomic E-state index is 0.0388. The number of aliphatic hydroxyl groups is 1. The van der Waals surface area contributed by atoms with Gasteiger partial charge in [0, 0.05) is 18.8 Å². The zero-order valence-electron chi connectivity index (χ0n) is 16.9. The fourth-order valence-corrected chi connectivity index (χ4v) is 4.02. The summed E-state index contributed by atoms with van der Waals surface area (Å²) in [6.45, 7) is 2.79. The van der Waals surface area contributed by atoms with Crippen molar-refractivity contribution in [2.24, 2.45) is 0 Å². The Morgan fingerprint density at radius 1 is 1.33 bits per heavy atom. The molecule has 1 aliphatic heterocycles. The molecule has 1 saturated heterocycles. The summed E-state index contributed by atoms with van der Waals surface area (Å²) < 4.78 is 20.7. The van der Waals surface area contributed by atoms with Crippen LogP contribution < -0.4 is 0 Å². The fraction of sp³-hybridized carbons (Fsp3) is 0.409. The Balaban J connectivity index is 1.66. The van der Waals surface area contributed by atoms with Crippen molar-refractivity contribution in [3.8, 4) is 11.3 Å². The minimum atomic E-state index is -0.346. The highest BCUT2D eigenvalue weighted by Crippen LogP contribution is 2.36. The summed E-state index contributed by atoms with van der Waals surface area (Å²) in [4.78, 5) is 15.0. The molecular formula is C22H25FN4O3. The summed E-state index contributed by atoms with van der Waals surface area (Å²) in [6.07, 6.45) is 4.65. The number of likely N-dealkylation sites (tertiary alicyclic amines) is 1. The minimum Gasteiger partial charge on any atom is -0.394 e. The van der Waals surface area contributed by atoms with E-state index in [0.29, 0.717) is 24.4 Å². The lowest BCUT2D eigenvalue weighted by atomic mass is 9.95. The number of aromatic nitrogens is 3. The smallest absolute Gasteiger partial charge is 0.227 e. The van der Waals surface area contributed by atoms with E-state index in [0.717, 1.165) is 36.2 Å². The topological polar surface area (TPSA) is 84.4 Å². The highest BCUT2D eigenvalue weighted by molar-refractivity contribution is 5.79. The van der Waals surface area contributed by atoms with Crippen molar-refractivity contribution < 1.29 is 18.8 Å². The molecule has 0 unspecified atom stereocenters. The summed E-state index contributed by atoms with van der Waals surface area (Å²) >= 11 is 0. The van der Waals surface area contributed by atoms with Gasteiger partial charge in [-0.2, -0.15) is 5.10 Å². The Morgan fingerprint density at radius 3 is 2.93 bits per heavy atom. The molecule has 1 N–H and O–H groups in total. The van der Waals surface area contributed by atoms with Gasteiger partial charge >= 0.3 is 0 Å². The summed E-state index contributed by atoms with van der Waals surface area (Å²) in [7, 11) is 0. The van der Waals surface area contributed by atoms with Gasteiger partial charge < -0.3 is 14.5 Å². The van der Waals surface area contributed by atoms with Crippen molar-refractivity contribution in [1.82, 2.24) is 19.8 Å². The first-order valence-corrected chi connectivity index (χ1v) is 10.2. The quantitative estimate of drug-likeness (QED) is 0.672. The number of piperidine rings is 1. The van der Waals surface area contributed by atoms with Crippen molar-refractivity contribution in [2.45, 2.75) is 45.2 Å². The number of halogens is 1. The lowest BCUT2D eigenvalue weighted by Gasteiger charge is -2.35. The molecule has 3 aromatic rings. The van der Waals surface area contributed by atoms with Gasteiger partial charge in [0.2, 0.25) is 5.91 Å². The summed E-state index contributed by atoms with van der Waals surface area (Å²) in [6, 6.07) is 7.78. The summed E-state index contributed by atoms with van der Waals surface area (Å²) in [5, 5.41) is 18.0.